The van der Waals surface area contributed by atoms with Crippen molar-refractivity contribution in [2.75, 3.05) is 0 Å². The zero-order valence-corrected chi connectivity index (χ0v) is 17.1. The minimum atomic E-state index is -4.48. The normalized spacial score (nSPS) is 12.0. The number of aromatic nitrogens is 2. The van der Waals surface area contributed by atoms with Gasteiger partial charge in [0.2, 0.25) is 0 Å². The van der Waals surface area contributed by atoms with Crippen LogP contribution in [0.4, 0.5) is 13.2 Å². The summed E-state index contributed by atoms with van der Waals surface area (Å²) in [6.45, 7) is -0.00666. The van der Waals surface area contributed by atoms with Crippen LogP contribution in [0.15, 0.2) is 59.9 Å². The number of imidazole rings is 1. The van der Waals surface area contributed by atoms with Gasteiger partial charge in [-0.25, -0.2) is 18.1 Å². The fourth-order valence-electron chi connectivity index (χ4n) is 2.59. The summed E-state index contributed by atoms with van der Waals surface area (Å²) in [6, 6.07) is 8.72. The number of amides is 1. The fraction of sp³-hybridized carbons (Fsp3) is 0.111. The van der Waals surface area contributed by atoms with E-state index < -0.39 is 32.6 Å². The van der Waals surface area contributed by atoms with Gasteiger partial charge in [0.25, 0.3) is 15.9 Å². The van der Waals surface area contributed by atoms with Crippen molar-refractivity contribution in [1.29, 1.82) is 0 Å². The summed E-state index contributed by atoms with van der Waals surface area (Å²) < 4.78 is 66.5. The molecule has 2 aromatic carbocycles. The van der Waals surface area contributed by atoms with E-state index in [2.05, 4.69) is 4.98 Å². The van der Waals surface area contributed by atoms with Gasteiger partial charge in [-0.05, 0) is 29.8 Å². The summed E-state index contributed by atoms with van der Waals surface area (Å²) in [5.74, 6) is -1.05. The highest BCUT2D eigenvalue weighted by atomic mass is 35.5. The second-order valence-corrected chi connectivity index (χ2v) is 8.55. The predicted octanol–water partition coefficient (Wildman–Crippen LogP) is 4.38. The van der Waals surface area contributed by atoms with E-state index in [-0.39, 0.29) is 22.3 Å². The van der Waals surface area contributed by atoms with Crippen molar-refractivity contribution in [3.8, 4) is 0 Å². The first kappa shape index (κ1) is 22.1. The lowest BCUT2D eigenvalue weighted by molar-refractivity contribution is -0.137. The molecule has 0 radical (unpaired) electrons. The minimum Gasteiger partial charge on any atom is -0.332 e. The van der Waals surface area contributed by atoms with Gasteiger partial charge in [-0.2, -0.15) is 13.2 Å². The summed E-state index contributed by atoms with van der Waals surface area (Å²) >= 11 is 11.7. The third kappa shape index (κ3) is 4.94. The molecule has 1 amide bonds. The summed E-state index contributed by atoms with van der Waals surface area (Å²) in [6.07, 6.45) is -2.08. The maximum absolute atomic E-state index is 12.8. The van der Waals surface area contributed by atoms with Crippen LogP contribution in [0, 0.1) is 0 Å². The van der Waals surface area contributed by atoms with Crippen molar-refractivity contribution in [3.63, 3.8) is 0 Å². The molecule has 6 nitrogen and oxygen atoms in total. The number of rotatable bonds is 5. The predicted molar refractivity (Wildman–Crippen MR) is 104 cm³/mol. The molecule has 0 saturated heterocycles. The monoisotopic (exact) mass is 477 g/mol. The van der Waals surface area contributed by atoms with Gasteiger partial charge in [0.1, 0.15) is 10.6 Å². The van der Waals surface area contributed by atoms with Crippen molar-refractivity contribution in [1.82, 2.24) is 14.3 Å². The van der Waals surface area contributed by atoms with Crippen LogP contribution in [0.5, 0.6) is 0 Å². The average Bonchev–Trinajstić information content (AvgIpc) is 3.09. The van der Waals surface area contributed by atoms with E-state index in [0.29, 0.717) is 5.56 Å². The maximum Gasteiger partial charge on any atom is 0.416 e. The average molecular weight is 478 g/mol. The molecule has 0 spiro atoms. The molecule has 1 heterocycles. The van der Waals surface area contributed by atoms with Gasteiger partial charge in [0.15, 0.2) is 0 Å². The van der Waals surface area contributed by atoms with E-state index in [1.807, 2.05) is 4.72 Å². The quantitative estimate of drug-likeness (QED) is 0.591. The second-order valence-electron chi connectivity index (χ2n) is 6.11. The molecular weight excluding hydrogens is 466 g/mol. The molecule has 158 valence electrons. The number of sulfonamides is 1. The van der Waals surface area contributed by atoms with E-state index in [1.165, 1.54) is 47.4 Å². The number of benzene rings is 2. The van der Waals surface area contributed by atoms with Crippen LogP contribution in [0.25, 0.3) is 0 Å². The van der Waals surface area contributed by atoms with Crippen LogP contribution in [-0.2, 0) is 22.7 Å². The zero-order chi connectivity index (χ0) is 22.1. The van der Waals surface area contributed by atoms with Crippen molar-refractivity contribution in [2.24, 2.45) is 0 Å². The Kier molecular flexibility index (Phi) is 6.11. The van der Waals surface area contributed by atoms with Gasteiger partial charge in [0.05, 0.1) is 21.9 Å². The van der Waals surface area contributed by atoms with Gasteiger partial charge in [0, 0.05) is 12.7 Å². The second kappa shape index (κ2) is 8.29. The number of nitrogens with zero attached hydrogens (tertiary/aromatic N) is 2. The first-order valence-electron chi connectivity index (χ1n) is 8.16. The molecule has 1 N–H and O–H groups in total. The molecule has 3 rings (SSSR count). The lowest BCUT2D eigenvalue weighted by Gasteiger charge is -2.09. The highest BCUT2D eigenvalue weighted by Gasteiger charge is 2.30. The maximum atomic E-state index is 12.8. The van der Waals surface area contributed by atoms with Crippen molar-refractivity contribution >= 4 is 39.1 Å². The summed E-state index contributed by atoms with van der Waals surface area (Å²) in [5, 5.41) is -0.337. The zero-order valence-electron chi connectivity index (χ0n) is 14.8. The van der Waals surface area contributed by atoms with E-state index in [4.69, 9.17) is 23.2 Å². The molecule has 0 unspecified atom stereocenters. The smallest absolute Gasteiger partial charge is 0.332 e. The van der Waals surface area contributed by atoms with Crippen molar-refractivity contribution in [2.45, 2.75) is 17.6 Å². The molecule has 12 heteroatoms. The number of carbonyl (C=O) groups excluding carboxylic acids is 1. The lowest BCUT2D eigenvalue weighted by Crippen LogP contribution is -2.31. The van der Waals surface area contributed by atoms with Gasteiger partial charge in [-0.15, -0.1) is 0 Å². The van der Waals surface area contributed by atoms with Gasteiger partial charge < -0.3 is 4.57 Å². The largest absolute Gasteiger partial charge is 0.416 e. The highest BCUT2D eigenvalue weighted by Crippen LogP contribution is 2.30. The first-order valence-corrected chi connectivity index (χ1v) is 10.4. The standard InChI is InChI=1S/C18H12Cl2F3N3O3S/c19-13-5-2-6-14(20)16(13)30(28,29)25-17(27)15-9-26(10-24-15)8-11-3-1-4-12(7-11)18(21,22)23/h1-7,9-10H,8H2,(H,25,27). The molecule has 1 aromatic heterocycles. The Morgan fingerprint density at radius 1 is 1.10 bits per heavy atom. The van der Waals surface area contributed by atoms with Crippen molar-refractivity contribution < 1.29 is 26.4 Å². The topological polar surface area (TPSA) is 81.1 Å². The van der Waals surface area contributed by atoms with Crippen LogP contribution in [0.3, 0.4) is 0 Å². The van der Waals surface area contributed by atoms with Crippen LogP contribution in [-0.4, -0.2) is 23.9 Å². The highest BCUT2D eigenvalue weighted by molar-refractivity contribution is 7.90. The van der Waals surface area contributed by atoms with E-state index in [9.17, 15) is 26.4 Å². The molecule has 30 heavy (non-hydrogen) atoms. The minimum absolute atomic E-state index is 0.00666. The van der Waals surface area contributed by atoms with Crippen LogP contribution in [0.2, 0.25) is 10.0 Å². The van der Waals surface area contributed by atoms with E-state index >= 15 is 0 Å². The van der Waals surface area contributed by atoms with Gasteiger partial charge in [-0.3, -0.25) is 4.79 Å². The molecule has 0 aliphatic carbocycles. The Morgan fingerprint density at radius 3 is 2.37 bits per heavy atom. The first-order chi connectivity index (χ1) is 14.0. The summed E-state index contributed by atoms with van der Waals surface area (Å²) in [4.78, 5) is 15.7. The Balaban J connectivity index is 1.77. The van der Waals surface area contributed by atoms with Gasteiger partial charge in [-0.1, -0.05) is 41.4 Å². The number of nitrogens with one attached hydrogen (secondary N) is 1. The molecule has 3 aromatic rings. The third-order valence-electron chi connectivity index (χ3n) is 3.90. The fourth-order valence-corrected chi connectivity index (χ4v) is 4.69. The number of carbonyl (C=O) groups is 1. The number of alkyl halides is 3. The Hall–Kier alpha value is -2.56. The van der Waals surface area contributed by atoms with Crippen LogP contribution >= 0.6 is 23.2 Å². The van der Waals surface area contributed by atoms with E-state index in [0.717, 1.165) is 12.1 Å². The molecular formula is C18H12Cl2F3N3O3S. The number of hydrogen-bond acceptors (Lipinski definition) is 4. The summed E-state index contributed by atoms with van der Waals surface area (Å²) in [7, 11) is -4.38. The van der Waals surface area contributed by atoms with Crippen molar-refractivity contribution in [3.05, 3.63) is 81.9 Å². The molecule has 0 saturated carbocycles. The SMILES string of the molecule is O=C(NS(=O)(=O)c1c(Cl)cccc1Cl)c1cn(Cc2cccc(C(F)(F)F)c2)cn1. The Morgan fingerprint density at radius 2 is 1.73 bits per heavy atom. The number of hydrogen-bond donors (Lipinski definition) is 1. The molecule has 0 atom stereocenters. The third-order valence-corrected chi connectivity index (χ3v) is 6.19. The molecule has 0 aliphatic heterocycles. The molecule has 0 bridgehead atoms. The van der Waals surface area contributed by atoms with Crippen LogP contribution < -0.4 is 4.72 Å². The number of halogens is 5. The van der Waals surface area contributed by atoms with E-state index in [1.54, 1.807) is 0 Å². The molecule has 0 fully saturated rings. The molecule has 0 aliphatic rings. The Labute approximate surface area is 179 Å². The van der Waals surface area contributed by atoms with Crippen LogP contribution in [0.1, 0.15) is 21.6 Å². The van der Waals surface area contributed by atoms with Gasteiger partial charge >= 0.3 is 6.18 Å². The summed E-state index contributed by atoms with van der Waals surface area (Å²) in [5.41, 5.74) is -0.737. The Bertz CT molecular complexity index is 1190. The lowest BCUT2D eigenvalue weighted by atomic mass is 10.1.